The Bertz CT molecular complexity index is 403. The molecule has 0 aliphatic carbocycles. The average molecular weight is 250 g/mol. The van der Waals surface area contributed by atoms with Crippen LogP contribution in [0.1, 0.15) is 19.5 Å². The van der Waals surface area contributed by atoms with Crippen molar-refractivity contribution in [2.24, 2.45) is 5.73 Å². The maximum atomic E-state index is 7.41. The van der Waals surface area contributed by atoms with Crippen LogP contribution in [0.5, 0.6) is 0 Å². The van der Waals surface area contributed by atoms with Crippen molar-refractivity contribution in [3.8, 4) is 0 Å². The van der Waals surface area contributed by atoms with Crippen LogP contribution in [-0.4, -0.2) is 53.9 Å². The van der Waals surface area contributed by atoms with Crippen LogP contribution >= 0.6 is 0 Å². The second-order valence-electron chi connectivity index (χ2n) is 4.55. The second-order valence-corrected chi connectivity index (χ2v) is 4.55. The molecule has 0 spiro atoms. The van der Waals surface area contributed by atoms with Gasteiger partial charge in [-0.15, -0.1) is 0 Å². The summed E-state index contributed by atoms with van der Waals surface area (Å²) in [5.74, 6) is 0.592. The molecule has 3 N–H and O–H groups in total. The molecule has 0 fully saturated rings. The first-order valence-corrected chi connectivity index (χ1v) is 6.04. The van der Waals surface area contributed by atoms with Gasteiger partial charge in [0.1, 0.15) is 11.5 Å². The van der Waals surface area contributed by atoms with Gasteiger partial charge in [-0.05, 0) is 34.0 Å². The van der Waals surface area contributed by atoms with E-state index in [2.05, 4.69) is 33.6 Å². The van der Waals surface area contributed by atoms with Crippen LogP contribution in [0.25, 0.3) is 0 Å². The van der Waals surface area contributed by atoms with Crippen molar-refractivity contribution in [1.29, 1.82) is 5.41 Å². The van der Waals surface area contributed by atoms with Crippen molar-refractivity contribution in [3.05, 3.63) is 18.0 Å². The second kappa shape index (κ2) is 6.30. The number of hydrogen-bond acceptors (Lipinski definition) is 5. The third-order valence-electron chi connectivity index (χ3n) is 2.68. The summed E-state index contributed by atoms with van der Waals surface area (Å²) in [5, 5.41) is 7.41. The van der Waals surface area contributed by atoms with Crippen molar-refractivity contribution in [1.82, 2.24) is 14.9 Å². The van der Waals surface area contributed by atoms with E-state index in [1.807, 2.05) is 14.1 Å². The highest BCUT2D eigenvalue weighted by atomic mass is 15.3. The number of nitrogens with one attached hydrogen (secondary N) is 1. The minimum absolute atomic E-state index is 0.0324. The summed E-state index contributed by atoms with van der Waals surface area (Å²) in [6.45, 7) is 5.93. The Kier molecular flexibility index (Phi) is 5.03. The van der Waals surface area contributed by atoms with E-state index in [0.29, 0.717) is 17.7 Å². The van der Waals surface area contributed by atoms with E-state index in [9.17, 15) is 0 Å². The van der Waals surface area contributed by atoms with Crippen molar-refractivity contribution in [3.63, 3.8) is 0 Å². The Morgan fingerprint density at radius 2 is 2.17 bits per heavy atom. The van der Waals surface area contributed by atoms with Crippen LogP contribution in [-0.2, 0) is 0 Å². The number of likely N-dealkylation sites (N-methyl/N-ethyl adjacent to an activating group) is 2. The number of amidine groups is 1. The molecule has 1 aromatic heterocycles. The van der Waals surface area contributed by atoms with Crippen molar-refractivity contribution >= 4 is 11.8 Å². The molecule has 6 heteroatoms. The molecule has 1 atom stereocenters. The summed E-state index contributed by atoms with van der Waals surface area (Å²) in [5.41, 5.74) is 5.92. The maximum Gasteiger partial charge on any atom is 0.226 e. The average Bonchev–Trinajstić information content (AvgIpc) is 2.29. The van der Waals surface area contributed by atoms with Gasteiger partial charge in [0.15, 0.2) is 0 Å². The number of anilines is 1. The standard InChI is InChI=1S/C12H22N6/c1-5-18(9(2)8-17(3)4)12-15-7-6-10(16-12)11(13)14/h6-7,9H,5,8H2,1-4H3,(H3,13,14). The Morgan fingerprint density at radius 3 is 2.67 bits per heavy atom. The molecule has 100 valence electrons. The molecule has 1 unspecified atom stereocenters. The van der Waals surface area contributed by atoms with Crippen LogP contribution in [0, 0.1) is 5.41 Å². The SMILES string of the molecule is CCN(c1nccc(C(=N)N)n1)C(C)CN(C)C. The van der Waals surface area contributed by atoms with E-state index in [4.69, 9.17) is 11.1 Å². The number of hydrogen-bond donors (Lipinski definition) is 2. The summed E-state index contributed by atoms with van der Waals surface area (Å²) in [4.78, 5) is 12.8. The maximum absolute atomic E-state index is 7.41. The van der Waals surface area contributed by atoms with Gasteiger partial charge in [0.25, 0.3) is 0 Å². The third-order valence-corrected chi connectivity index (χ3v) is 2.68. The first-order chi connectivity index (χ1) is 8.45. The van der Waals surface area contributed by atoms with Crippen LogP contribution in [0.3, 0.4) is 0 Å². The molecular formula is C12H22N6. The number of nitrogen functional groups attached to an aromatic ring is 1. The molecule has 0 aliphatic heterocycles. The zero-order chi connectivity index (χ0) is 13.7. The molecule has 1 aromatic rings. The molecule has 0 bridgehead atoms. The van der Waals surface area contributed by atoms with Gasteiger partial charge in [-0.25, -0.2) is 9.97 Å². The van der Waals surface area contributed by atoms with E-state index in [1.54, 1.807) is 12.3 Å². The zero-order valence-electron chi connectivity index (χ0n) is 11.5. The van der Waals surface area contributed by atoms with E-state index in [-0.39, 0.29) is 5.84 Å². The normalized spacial score (nSPS) is 12.5. The Morgan fingerprint density at radius 1 is 1.50 bits per heavy atom. The van der Waals surface area contributed by atoms with Crippen molar-refractivity contribution < 1.29 is 0 Å². The first-order valence-electron chi connectivity index (χ1n) is 6.04. The van der Waals surface area contributed by atoms with Gasteiger partial charge < -0.3 is 15.5 Å². The molecule has 1 heterocycles. The highest BCUT2D eigenvalue weighted by molar-refractivity contribution is 5.93. The summed E-state index contributed by atoms with van der Waals surface area (Å²) in [7, 11) is 4.08. The zero-order valence-corrected chi connectivity index (χ0v) is 11.5. The molecule has 0 radical (unpaired) electrons. The molecular weight excluding hydrogens is 228 g/mol. The van der Waals surface area contributed by atoms with Gasteiger partial charge in [0, 0.05) is 25.3 Å². The quantitative estimate of drug-likeness (QED) is 0.569. The molecule has 0 saturated heterocycles. The van der Waals surface area contributed by atoms with Crippen LogP contribution in [0.15, 0.2) is 12.3 Å². The van der Waals surface area contributed by atoms with E-state index >= 15 is 0 Å². The lowest BCUT2D eigenvalue weighted by Crippen LogP contribution is -2.41. The van der Waals surface area contributed by atoms with Gasteiger partial charge in [0.2, 0.25) is 5.95 Å². The lowest BCUT2D eigenvalue weighted by molar-refractivity contribution is 0.371. The minimum atomic E-state index is -0.0324. The first kappa shape index (κ1) is 14.4. The van der Waals surface area contributed by atoms with Crippen LogP contribution in [0.2, 0.25) is 0 Å². The van der Waals surface area contributed by atoms with Gasteiger partial charge in [-0.3, -0.25) is 5.41 Å². The molecule has 0 aliphatic rings. The number of aromatic nitrogens is 2. The molecule has 0 aromatic carbocycles. The number of nitrogens with two attached hydrogens (primary N) is 1. The van der Waals surface area contributed by atoms with Gasteiger partial charge in [-0.2, -0.15) is 0 Å². The lowest BCUT2D eigenvalue weighted by Gasteiger charge is -2.30. The predicted octanol–water partition coefficient (Wildman–Crippen LogP) is 0.537. The Labute approximate surface area is 108 Å². The fourth-order valence-electron chi connectivity index (χ4n) is 1.91. The Hall–Kier alpha value is -1.69. The highest BCUT2D eigenvalue weighted by Crippen LogP contribution is 2.11. The van der Waals surface area contributed by atoms with Crippen LogP contribution < -0.4 is 10.6 Å². The smallest absolute Gasteiger partial charge is 0.226 e. The summed E-state index contributed by atoms with van der Waals surface area (Å²) in [6, 6.07) is 1.95. The Balaban J connectivity index is 2.94. The van der Waals surface area contributed by atoms with Gasteiger partial charge >= 0.3 is 0 Å². The summed E-state index contributed by atoms with van der Waals surface area (Å²) >= 11 is 0. The topological polar surface area (TPSA) is 82.1 Å². The molecule has 0 saturated carbocycles. The summed E-state index contributed by atoms with van der Waals surface area (Å²) < 4.78 is 0. The van der Waals surface area contributed by atoms with Crippen molar-refractivity contribution in [2.45, 2.75) is 19.9 Å². The molecule has 18 heavy (non-hydrogen) atoms. The van der Waals surface area contributed by atoms with Gasteiger partial charge in [0.05, 0.1) is 0 Å². The number of nitrogens with zero attached hydrogens (tertiary/aromatic N) is 4. The molecule has 1 rings (SSSR count). The predicted molar refractivity (Wildman–Crippen MR) is 74.1 cm³/mol. The largest absolute Gasteiger partial charge is 0.382 e. The van der Waals surface area contributed by atoms with E-state index in [0.717, 1.165) is 13.1 Å². The fourth-order valence-corrected chi connectivity index (χ4v) is 1.91. The molecule has 6 nitrogen and oxygen atoms in total. The van der Waals surface area contributed by atoms with Crippen LogP contribution in [0.4, 0.5) is 5.95 Å². The number of rotatable bonds is 6. The monoisotopic (exact) mass is 250 g/mol. The summed E-state index contributed by atoms with van der Waals surface area (Å²) in [6.07, 6.45) is 1.64. The van der Waals surface area contributed by atoms with E-state index < -0.39 is 0 Å². The van der Waals surface area contributed by atoms with E-state index in [1.165, 1.54) is 0 Å². The minimum Gasteiger partial charge on any atom is -0.382 e. The highest BCUT2D eigenvalue weighted by Gasteiger charge is 2.16. The fraction of sp³-hybridized carbons (Fsp3) is 0.583. The molecule has 0 amide bonds. The third kappa shape index (κ3) is 3.66. The lowest BCUT2D eigenvalue weighted by atomic mass is 10.2. The van der Waals surface area contributed by atoms with Crippen molar-refractivity contribution in [2.75, 3.05) is 32.1 Å². The van der Waals surface area contributed by atoms with Gasteiger partial charge in [-0.1, -0.05) is 0 Å².